The lowest BCUT2D eigenvalue weighted by Crippen LogP contribution is -2.41. The second-order valence-corrected chi connectivity index (χ2v) is 8.95. The highest BCUT2D eigenvalue weighted by molar-refractivity contribution is 7.14. The van der Waals surface area contributed by atoms with Crippen LogP contribution in [0.5, 0.6) is 5.75 Å². The summed E-state index contributed by atoms with van der Waals surface area (Å²) >= 11 is 1.26. The Morgan fingerprint density at radius 3 is 2.66 bits per heavy atom. The number of carbonyl (C=O) groups is 1. The summed E-state index contributed by atoms with van der Waals surface area (Å²) in [7, 11) is 0. The van der Waals surface area contributed by atoms with Crippen molar-refractivity contribution in [2.75, 3.05) is 26.3 Å². The van der Waals surface area contributed by atoms with Gasteiger partial charge in [0.25, 0.3) is 5.91 Å². The SMILES string of the molecule is Cc1cnc(-c2cc(OC[C@H]3CNCCO3)cc(C(=O)NCc3cnc(C(F)(F)F)nc3)c2F)s1. The lowest BCUT2D eigenvalue weighted by Gasteiger charge is -2.23. The predicted octanol–water partition coefficient (Wildman–Crippen LogP) is 3.36. The van der Waals surface area contributed by atoms with Crippen molar-refractivity contribution in [3.05, 3.63) is 58.4 Å². The van der Waals surface area contributed by atoms with E-state index in [2.05, 4.69) is 25.6 Å². The summed E-state index contributed by atoms with van der Waals surface area (Å²) in [5.74, 6) is -2.60. The molecule has 0 spiro atoms. The van der Waals surface area contributed by atoms with Crippen molar-refractivity contribution in [1.82, 2.24) is 25.6 Å². The van der Waals surface area contributed by atoms with Crippen LogP contribution in [0.15, 0.2) is 30.7 Å². The van der Waals surface area contributed by atoms with E-state index in [4.69, 9.17) is 9.47 Å². The second-order valence-electron chi connectivity index (χ2n) is 7.71. The van der Waals surface area contributed by atoms with Crippen molar-refractivity contribution in [2.45, 2.75) is 25.7 Å². The van der Waals surface area contributed by atoms with Gasteiger partial charge in [0, 0.05) is 48.7 Å². The third-order valence-corrected chi connectivity index (χ3v) is 5.94. The summed E-state index contributed by atoms with van der Waals surface area (Å²) in [4.78, 5) is 24.4. The number of carbonyl (C=O) groups excluding carboxylic acids is 1. The zero-order valence-corrected chi connectivity index (χ0v) is 19.3. The van der Waals surface area contributed by atoms with E-state index in [0.29, 0.717) is 18.2 Å². The van der Waals surface area contributed by atoms with E-state index in [0.717, 1.165) is 23.8 Å². The fourth-order valence-corrected chi connectivity index (χ4v) is 4.04. The van der Waals surface area contributed by atoms with E-state index in [1.54, 1.807) is 6.20 Å². The van der Waals surface area contributed by atoms with Gasteiger partial charge in [-0.25, -0.2) is 19.3 Å². The van der Waals surface area contributed by atoms with E-state index in [1.807, 2.05) is 6.92 Å². The Labute approximate surface area is 201 Å². The number of amides is 1. The highest BCUT2D eigenvalue weighted by Gasteiger charge is 2.34. The van der Waals surface area contributed by atoms with Gasteiger partial charge in [-0.15, -0.1) is 11.3 Å². The zero-order valence-electron chi connectivity index (χ0n) is 18.5. The molecule has 0 bridgehead atoms. The maximum atomic E-state index is 15.4. The normalized spacial score (nSPS) is 16.2. The average Bonchev–Trinajstić information content (AvgIpc) is 3.28. The first kappa shape index (κ1) is 24.9. The third kappa shape index (κ3) is 6.29. The van der Waals surface area contributed by atoms with Gasteiger partial charge in [0.05, 0.1) is 17.7 Å². The number of nitrogens with one attached hydrogen (secondary N) is 2. The summed E-state index contributed by atoms with van der Waals surface area (Å²) in [6.45, 7) is 3.71. The molecule has 0 saturated carbocycles. The van der Waals surface area contributed by atoms with Crippen LogP contribution in [0.3, 0.4) is 0 Å². The molecule has 0 unspecified atom stereocenters. The molecule has 8 nitrogen and oxygen atoms in total. The number of halogens is 4. The zero-order chi connectivity index (χ0) is 25.0. The molecule has 1 aromatic carbocycles. The molecule has 1 aliphatic rings. The van der Waals surface area contributed by atoms with Crippen molar-refractivity contribution >= 4 is 17.2 Å². The van der Waals surface area contributed by atoms with E-state index in [9.17, 15) is 18.0 Å². The van der Waals surface area contributed by atoms with Crippen LogP contribution in [-0.2, 0) is 17.5 Å². The van der Waals surface area contributed by atoms with E-state index >= 15 is 4.39 Å². The van der Waals surface area contributed by atoms with Crippen molar-refractivity contribution in [1.29, 1.82) is 0 Å². The third-order valence-electron chi connectivity index (χ3n) is 4.99. The van der Waals surface area contributed by atoms with Crippen molar-refractivity contribution in [3.8, 4) is 16.3 Å². The fourth-order valence-electron chi connectivity index (χ4n) is 3.27. The molecule has 1 atom stereocenters. The molecule has 1 aliphatic heterocycles. The topological polar surface area (TPSA) is 98.3 Å². The number of aromatic nitrogens is 3. The molecular formula is C22H21F4N5O3S. The van der Waals surface area contributed by atoms with E-state index in [1.165, 1.54) is 23.5 Å². The van der Waals surface area contributed by atoms with Gasteiger partial charge in [-0.2, -0.15) is 13.2 Å². The molecular weight excluding hydrogens is 490 g/mol. The smallest absolute Gasteiger partial charge is 0.451 e. The van der Waals surface area contributed by atoms with E-state index < -0.39 is 23.7 Å². The minimum absolute atomic E-state index is 0.103. The number of benzene rings is 1. The Bertz CT molecular complexity index is 1180. The number of hydrogen-bond donors (Lipinski definition) is 2. The van der Waals surface area contributed by atoms with Crippen LogP contribution < -0.4 is 15.4 Å². The van der Waals surface area contributed by atoms with Crippen LogP contribution in [0.4, 0.5) is 17.6 Å². The van der Waals surface area contributed by atoms with Crippen LogP contribution in [0.1, 0.15) is 26.6 Å². The Hall–Kier alpha value is -3.16. The highest BCUT2D eigenvalue weighted by Crippen LogP contribution is 2.33. The molecule has 3 aromatic rings. The average molecular weight is 512 g/mol. The molecule has 2 N–H and O–H groups in total. The first-order valence-corrected chi connectivity index (χ1v) is 11.4. The quantitative estimate of drug-likeness (QED) is 0.470. The lowest BCUT2D eigenvalue weighted by atomic mass is 10.1. The summed E-state index contributed by atoms with van der Waals surface area (Å²) in [5.41, 5.74) is 0.0315. The van der Waals surface area contributed by atoms with Crippen molar-refractivity contribution < 1.29 is 31.8 Å². The number of alkyl halides is 3. The van der Waals surface area contributed by atoms with Crippen LogP contribution in [-0.4, -0.2) is 53.3 Å². The maximum absolute atomic E-state index is 15.4. The molecule has 2 aromatic heterocycles. The monoisotopic (exact) mass is 511 g/mol. The van der Waals surface area contributed by atoms with Crippen LogP contribution in [0, 0.1) is 12.7 Å². The van der Waals surface area contributed by atoms with Crippen molar-refractivity contribution in [2.24, 2.45) is 0 Å². The molecule has 0 radical (unpaired) electrons. The molecule has 13 heteroatoms. The Morgan fingerprint density at radius 2 is 2.03 bits per heavy atom. The predicted molar refractivity (Wildman–Crippen MR) is 119 cm³/mol. The molecule has 0 aliphatic carbocycles. The van der Waals surface area contributed by atoms with Gasteiger partial charge in [0.1, 0.15) is 29.3 Å². The largest absolute Gasteiger partial charge is 0.491 e. The molecule has 4 rings (SSSR count). The Morgan fingerprint density at radius 1 is 1.26 bits per heavy atom. The minimum Gasteiger partial charge on any atom is -0.491 e. The highest BCUT2D eigenvalue weighted by atomic mass is 32.1. The number of rotatable bonds is 7. The summed E-state index contributed by atoms with van der Waals surface area (Å²) < 4.78 is 64.7. The molecule has 186 valence electrons. The Kier molecular flexibility index (Phi) is 7.57. The van der Waals surface area contributed by atoms with Gasteiger partial charge in [-0.3, -0.25) is 4.79 Å². The van der Waals surface area contributed by atoms with Gasteiger partial charge in [-0.1, -0.05) is 0 Å². The van der Waals surface area contributed by atoms with Gasteiger partial charge in [-0.05, 0) is 19.1 Å². The molecule has 35 heavy (non-hydrogen) atoms. The number of aryl methyl sites for hydroxylation is 1. The molecule has 1 amide bonds. The van der Waals surface area contributed by atoms with Crippen molar-refractivity contribution in [3.63, 3.8) is 0 Å². The standard InChI is InChI=1S/C22H21F4N5O3S/c1-12-6-29-20(35-12)17-5-14(34-11-15-10-27-2-3-33-15)4-16(18(17)23)19(32)28-7-13-8-30-21(31-9-13)22(24,25)26/h4-6,8-9,15,27H,2-3,7,10-11H2,1H3,(H,28,32)/t15-/m1/s1. The maximum Gasteiger partial charge on any atom is 0.451 e. The molecule has 3 heterocycles. The number of hydrogen-bond acceptors (Lipinski definition) is 8. The Balaban J connectivity index is 1.54. The number of morpholine rings is 1. The lowest BCUT2D eigenvalue weighted by molar-refractivity contribution is -0.145. The summed E-state index contributed by atoms with van der Waals surface area (Å²) in [5, 5.41) is 6.05. The second kappa shape index (κ2) is 10.6. The summed E-state index contributed by atoms with van der Waals surface area (Å²) in [6.07, 6.45) is -1.37. The first-order chi connectivity index (χ1) is 16.7. The van der Waals surface area contributed by atoms with Gasteiger partial charge in [0.2, 0.25) is 5.82 Å². The number of ether oxygens (including phenoxy) is 2. The van der Waals surface area contributed by atoms with Crippen LogP contribution in [0.2, 0.25) is 0 Å². The number of nitrogens with zero attached hydrogens (tertiary/aromatic N) is 3. The van der Waals surface area contributed by atoms with E-state index in [-0.39, 0.29) is 41.7 Å². The van der Waals surface area contributed by atoms with Gasteiger partial charge >= 0.3 is 6.18 Å². The van der Waals surface area contributed by atoms with Crippen LogP contribution in [0.25, 0.3) is 10.6 Å². The minimum atomic E-state index is -4.67. The fraction of sp³-hybridized carbons (Fsp3) is 0.364. The summed E-state index contributed by atoms with van der Waals surface area (Å²) in [6, 6.07) is 2.75. The van der Waals surface area contributed by atoms with Crippen LogP contribution >= 0.6 is 11.3 Å². The number of thiazole rings is 1. The molecule has 1 saturated heterocycles. The van der Waals surface area contributed by atoms with Gasteiger partial charge in [0.15, 0.2) is 0 Å². The van der Waals surface area contributed by atoms with Gasteiger partial charge < -0.3 is 20.1 Å². The molecule has 1 fully saturated rings. The first-order valence-electron chi connectivity index (χ1n) is 10.6.